The molecule has 3 nitrogen and oxygen atoms in total. The van der Waals surface area contributed by atoms with Crippen molar-refractivity contribution in [3.05, 3.63) is 30.1 Å². The van der Waals surface area contributed by atoms with E-state index in [1.807, 2.05) is 18.5 Å². The van der Waals surface area contributed by atoms with Gasteiger partial charge in [0.05, 0.1) is 0 Å². The number of hydrogen-bond donors (Lipinski definition) is 1. The standard InChI is InChI=1S/C14H23N3/c1-3-5-14-11-17(9-8-16-14)12(2)13-6-4-7-15-10-13/h4,6-7,10,12,14,16H,3,5,8-9,11H2,1-2H3. The molecule has 0 aliphatic carbocycles. The second-order valence-corrected chi connectivity index (χ2v) is 4.90. The van der Waals surface area contributed by atoms with Crippen LogP contribution in [0.25, 0.3) is 0 Å². The fourth-order valence-electron chi connectivity index (χ4n) is 2.58. The number of pyridine rings is 1. The van der Waals surface area contributed by atoms with Gasteiger partial charge in [-0.05, 0) is 25.0 Å². The van der Waals surface area contributed by atoms with Gasteiger partial charge in [0.25, 0.3) is 0 Å². The molecule has 1 fully saturated rings. The lowest BCUT2D eigenvalue weighted by Crippen LogP contribution is -2.51. The summed E-state index contributed by atoms with van der Waals surface area (Å²) in [5, 5.41) is 3.60. The monoisotopic (exact) mass is 233 g/mol. The zero-order valence-corrected chi connectivity index (χ0v) is 10.9. The average Bonchev–Trinajstić information content (AvgIpc) is 2.40. The van der Waals surface area contributed by atoms with Crippen LogP contribution >= 0.6 is 0 Å². The maximum atomic E-state index is 4.21. The first-order chi connectivity index (χ1) is 8.31. The minimum Gasteiger partial charge on any atom is -0.311 e. The maximum Gasteiger partial charge on any atom is 0.0336 e. The van der Waals surface area contributed by atoms with Crippen LogP contribution in [0.1, 0.15) is 38.3 Å². The van der Waals surface area contributed by atoms with Gasteiger partial charge in [-0.1, -0.05) is 19.4 Å². The molecular formula is C14H23N3. The highest BCUT2D eigenvalue weighted by molar-refractivity contribution is 5.13. The van der Waals surface area contributed by atoms with Crippen molar-refractivity contribution in [2.75, 3.05) is 19.6 Å². The fourth-order valence-corrected chi connectivity index (χ4v) is 2.58. The molecule has 1 aromatic heterocycles. The Balaban J connectivity index is 1.97. The van der Waals surface area contributed by atoms with Crippen molar-refractivity contribution < 1.29 is 0 Å². The van der Waals surface area contributed by atoms with Crippen molar-refractivity contribution in [1.29, 1.82) is 0 Å². The van der Waals surface area contributed by atoms with E-state index in [1.54, 1.807) is 0 Å². The molecule has 2 rings (SSSR count). The Hall–Kier alpha value is -0.930. The van der Waals surface area contributed by atoms with Gasteiger partial charge >= 0.3 is 0 Å². The molecule has 1 N–H and O–H groups in total. The summed E-state index contributed by atoms with van der Waals surface area (Å²) in [6.07, 6.45) is 6.36. The molecule has 0 radical (unpaired) electrons. The Kier molecular flexibility index (Phi) is 4.51. The van der Waals surface area contributed by atoms with E-state index in [4.69, 9.17) is 0 Å². The average molecular weight is 233 g/mol. The third-order valence-electron chi connectivity index (χ3n) is 3.64. The van der Waals surface area contributed by atoms with Gasteiger partial charge in [0.1, 0.15) is 0 Å². The molecule has 2 atom stereocenters. The van der Waals surface area contributed by atoms with Gasteiger partial charge in [-0.15, -0.1) is 0 Å². The van der Waals surface area contributed by atoms with Crippen LogP contribution < -0.4 is 5.32 Å². The molecule has 0 amide bonds. The first-order valence-electron chi connectivity index (χ1n) is 6.68. The maximum absolute atomic E-state index is 4.21. The highest BCUT2D eigenvalue weighted by atomic mass is 15.2. The summed E-state index contributed by atoms with van der Waals surface area (Å²) in [6, 6.07) is 5.34. The highest BCUT2D eigenvalue weighted by Gasteiger charge is 2.23. The summed E-state index contributed by atoms with van der Waals surface area (Å²) in [5.41, 5.74) is 1.32. The van der Waals surface area contributed by atoms with E-state index in [-0.39, 0.29) is 0 Å². The van der Waals surface area contributed by atoms with Crippen LogP contribution in [0.15, 0.2) is 24.5 Å². The first kappa shape index (κ1) is 12.5. The lowest BCUT2D eigenvalue weighted by Gasteiger charge is -2.37. The number of piperazine rings is 1. The zero-order valence-electron chi connectivity index (χ0n) is 10.9. The summed E-state index contributed by atoms with van der Waals surface area (Å²) in [5.74, 6) is 0. The fraction of sp³-hybridized carbons (Fsp3) is 0.643. The summed E-state index contributed by atoms with van der Waals surface area (Å²) >= 11 is 0. The normalized spacial score (nSPS) is 23.5. The first-order valence-corrected chi connectivity index (χ1v) is 6.68. The molecule has 0 bridgehead atoms. The van der Waals surface area contributed by atoms with Crippen LogP contribution in [0.5, 0.6) is 0 Å². The molecule has 0 aromatic carbocycles. The van der Waals surface area contributed by atoms with Gasteiger partial charge in [-0.3, -0.25) is 9.88 Å². The minimum atomic E-state index is 0.477. The smallest absolute Gasteiger partial charge is 0.0336 e. The second-order valence-electron chi connectivity index (χ2n) is 4.90. The predicted octanol–water partition coefficient (Wildman–Crippen LogP) is 2.22. The van der Waals surface area contributed by atoms with E-state index in [2.05, 4.69) is 35.1 Å². The molecule has 1 saturated heterocycles. The van der Waals surface area contributed by atoms with Crippen LogP contribution in [0, 0.1) is 0 Å². The quantitative estimate of drug-likeness (QED) is 0.864. The van der Waals surface area contributed by atoms with Crippen molar-refractivity contribution in [2.45, 2.75) is 38.8 Å². The van der Waals surface area contributed by atoms with Gasteiger partial charge < -0.3 is 5.32 Å². The molecule has 94 valence electrons. The molecule has 1 aliphatic heterocycles. The number of aromatic nitrogens is 1. The third kappa shape index (κ3) is 3.27. The van der Waals surface area contributed by atoms with Crippen molar-refractivity contribution in [2.24, 2.45) is 0 Å². The topological polar surface area (TPSA) is 28.2 Å². The largest absolute Gasteiger partial charge is 0.311 e. The van der Waals surface area contributed by atoms with E-state index in [0.717, 1.165) is 19.6 Å². The van der Waals surface area contributed by atoms with Gasteiger partial charge in [0, 0.05) is 44.1 Å². The van der Waals surface area contributed by atoms with E-state index < -0.39 is 0 Å². The Morgan fingerprint density at radius 1 is 1.59 bits per heavy atom. The van der Waals surface area contributed by atoms with Crippen LogP contribution in [0.3, 0.4) is 0 Å². The second kappa shape index (κ2) is 6.12. The van der Waals surface area contributed by atoms with Crippen LogP contribution in [0.2, 0.25) is 0 Å². The van der Waals surface area contributed by atoms with Gasteiger partial charge in [-0.25, -0.2) is 0 Å². The summed E-state index contributed by atoms with van der Waals surface area (Å²) < 4.78 is 0. The number of nitrogens with zero attached hydrogens (tertiary/aromatic N) is 2. The van der Waals surface area contributed by atoms with Crippen LogP contribution in [0.4, 0.5) is 0 Å². The summed E-state index contributed by atoms with van der Waals surface area (Å²) in [7, 11) is 0. The van der Waals surface area contributed by atoms with E-state index in [9.17, 15) is 0 Å². The van der Waals surface area contributed by atoms with Crippen LogP contribution in [-0.4, -0.2) is 35.6 Å². The molecule has 1 aliphatic rings. The summed E-state index contributed by atoms with van der Waals surface area (Å²) in [6.45, 7) is 7.94. The highest BCUT2D eigenvalue weighted by Crippen LogP contribution is 2.21. The van der Waals surface area contributed by atoms with Crippen molar-refractivity contribution in [3.63, 3.8) is 0 Å². The van der Waals surface area contributed by atoms with E-state index >= 15 is 0 Å². The SMILES string of the molecule is CCCC1CN(C(C)c2cccnc2)CCN1. The molecule has 17 heavy (non-hydrogen) atoms. The lowest BCUT2D eigenvalue weighted by molar-refractivity contribution is 0.149. The zero-order chi connectivity index (χ0) is 12.1. The Morgan fingerprint density at radius 2 is 2.47 bits per heavy atom. The van der Waals surface area contributed by atoms with E-state index in [0.29, 0.717) is 12.1 Å². The molecular weight excluding hydrogens is 210 g/mol. The lowest BCUT2D eigenvalue weighted by atomic mass is 10.0. The predicted molar refractivity (Wildman–Crippen MR) is 70.9 cm³/mol. The Morgan fingerprint density at radius 3 is 3.18 bits per heavy atom. The van der Waals surface area contributed by atoms with Crippen LogP contribution in [-0.2, 0) is 0 Å². The van der Waals surface area contributed by atoms with Crippen molar-refractivity contribution in [1.82, 2.24) is 15.2 Å². The molecule has 0 saturated carbocycles. The number of rotatable bonds is 4. The number of hydrogen-bond acceptors (Lipinski definition) is 3. The molecule has 2 unspecified atom stereocenters. The Bertz CT molecular complexity index is 323. The van der Waals surface area contributed by atoms with Crippen molar-refractivity contribution >= 4 is 0 Å². The number of nitrogens with one attached hydrogen (secondary N) is 1. The Labute approximate surface area is 104 Å². The van der Waals surface area contributed by atoms with Gasteiger partial charge in [0.15, 0.2) is 0 Å². The van der Waals surface area contributed by atoms with Gasteiger partial charge in [0.2, 0.25) is 0 Å². The molecule has 1 aromatic rings. The molecule has 2 heterocycles. The summed E-state index contributed by atoms with van der Waals surface area (Å²) in [4.78, 5) is 6.78. The van der Waals surface area contributed by atoms with E-state index in [1.165, 1.54) is 18.4 Å². The van der Waals surface area contributed by atoms with Gasteiger partial charge in [-0.2, -0.15) is 0 Å². The third-order valence-corrected chi connectivity index (χ3v) is 3.64. The minimum absolute atomic E-state index is 0.477. The van der Waals surface area contributed by atoms with Crippen molar-refractivity contribution in [3.8, 4) is 0 Å². The molecule has 0 spiro atoms. The molecule has 3 heteroatoms.